The third-order valence-electron chi connectivity index (χ3n) is 4.26. The Morgan fingerprint density at radius 1 is 1.27 bits per heavy atom. The smallest absolute Gasteiger partial charge is 0.257 e. The van der Waals surface area contributed by atoms with Gasteiger partial charge in [0.05, 0.1) is 25.4 Å². The van der Waals surface area contributed by atoms with E-state index in [9.17, 15) is 14.7 Å². The van der Waals surface area contributed by atoms with Crippen molar-refractivity contribution in [1.29, 1.82) is 0 Å². The van der Waals surface area contributed by atoms with Gasteiger partial charge in [-0.05, 0) is 31.2 Å². The molecule has 1 aromatic carbocycles. The van der Waals surface area contributed by atoms with Crippen LogP contribution in [0.4, 0.5) is 0 Å². The Morgan fingerprint density at radius 3 is 2.62 bits per heavy atom. The van der Waals surface area contributed by atoms with Gasteiger partial charge in [0, 0.05) is 33.1 Å². The van der Waals surface area contributed by atoms with Crippen molar-refractivity contribution in [3.63, 3.8) is 0 Å². The first-order valence-electron chi connectivity index (χ1n) is 8.70. The van der Waals surface area contributed by atoms with E-state index >= 15 is 0 Å². The maximum Gasteiger partial charge on any atom is 0.257 e. The van der Waals surface area contributed by atoms with Crippen LogP contribution in [0.3, 0.4) is 0 Å². The highest BCUT2D eigenvalue weighted by atomic mass is 16.5. The number of rotatable bonds is 6. The van der Waals surface area contributed by atoms with Crippen molar-refractivity contribution in [3.8, 4) is 11.5 Å². The van der Waals surface area contributed by atoms with Crippen LogP contribution < -0.4 is 15.2 Å². The normalized spacial score (nSPS) is 17.6. The zero-order chi connectivity index (χ0) is 19.1. The number of ether oxygens (including phenoxy) is 2. The number of carbonyl (C=O) groups excluding carboxylic acids is 2. The fourth-order valence-corrected chi connectivity index (χ4v) is 2.83. The molecule has 1 aromatic rings. The standard InChI is InChI=1S/C18H27N3O5/c1-13(22)20-7-8-21(12-14(23)11-20)18(24)16-10-15(25-2)4-5-17(16)26-9-3-6-19/h4-5,10,14,23H,3,6-9,11-12,19H2,1-2H3/t14-/m0/s1. The summed E-state index contributed by atoms with van der Waals surface area (Å²) < 4.78 is 10.9. The van der Waals surface area contributed by atoms with Gasteiger partial charge in [-0.25, -0.2) is 0 Å². The summed E-state index contributed by atoms with van der Waals surface area (Å²) in [5, 5.41) is 10.2. The third kappa shape index (κ3) is 5.09. The number of hydrogen-bond acceptors (Lipinski definition) is 6. The van der Waals surface area contributed by atoms with Crippen LogP contribution in [0.1, 0.15) is 23.7 Å². The minimum Gasteiger partial charge on any atom is -0.497 e. The van der Waals surface area contributed by atoms with Crippen LogP contribution in [0.5, 0.6) is 11.5 Å². The van der Waals surface area contributed by atoms with Gasteiger partial charge in [-0.3, -0.25) is 9.59 Å². The SMILES string of the molecule is COc1ccc(OCCCN)c(C(=O)N2CCN(C(C)=O)C[C@H](O)C2)c1. The summed E-state index contributed by atoms with van der Waals surface area (Å²) >= 11 is 0. The van der Waals surface area contributed by atoms with E-state index in [1.54, 1.807) is 23.1 Å². The van der Waals surface area contributed by atoms with Crippen LogP contribution in [0.2, 0.25) is 0 Å². The third-order valence-corrected chi connectivity index (χ3v) is 4.26. The molecule has 8 heteroatoms. The fraction of sp³-hybridized carbons (Fsp3) is 0.556. The van der Waals surface area contributed by atoms with Gasteiger partial charge in [-0.15, -0.1) is 0 Å². The minimum atomic E-state index is -0.794. The molecule has 1 fully saturated rings. The number of aliphatic hydroxyl groups is 1. The van der Waals surface area contributed by atoms with Crippen molar-refractivity contribution in [3.05, 3.63) is 23.8 Å². The molecule has 1 aliphatic heterocycles. The van der Waals surface area contributed by atoms with Gasteiger partial charge < -0.3 is 30.1 Å². The molecule has 3 N–H and O–H groups in total. The molecule has 2 amide bonds. The number of carbonyl (C=O) groups is 2. The molecule has 0 spiro atoms. The van der Waals surface area contributed by atoms with Crippen LogP contribution in [0.15, 0.2) is 18.2 Å². The summed E-state index contributed by atoms with van der Waals surface area (Å²) in [7, 11) is 1.53. The lowest BCUT2D eigenvalue weighted by atomic mass is 10.1. The Morgan fingerprint density at radius 2 is 1.96 bits per heavy atom. The number of β-amino-alcohol motifs (C(OH)–C–C–N with tert-alkyl or cyclic N) is 1. The van der Waals surface area contributed by atoms with Gasteiger partial charge in [0.1, 0.15) is 11.5 Å². The van der Waals surface area contributed by atoms with Crippen LogP contribution in [0, 0.1) is 0 Å². The summed E-state index contributed by atoms with van der Waals surface area (Å²) in [4.78, 5) is 27.7. The topological polar surface area (TPSA) is 105 Å². The van der Waals surface area contributed by atoms with Gasteiger partial charge in [-0.2, -0.15) is 0 Å². The number of aliphatic hydroxyl groups excluding tert-OH is 1. The molecule has 1 aliphatic rings. The van der Waals surface area contributed by atoms with Crippen molar-refractivity contribution in [2.45, 2.75) is 19.4 Å². The molecule has 2 rings (SSSR count). The second-order valence-corrected chi connectivity index (χ2v) is 6.22. The molecule has 144 valence electrons. The molecule has 0 aromatic heterocycles. The lowest BCUT2D eigenvalue weighted by Gasteiger charge is -2.23. The molecule has 1 saturated heterocycles. The minimum absolute atomic E-state index is 0.120. The van der Waals surface area contributed by atoms with E-state index in [0.717, 1.165) is 0 Å². The largest absolute Gasteiger partial charge is 0.497 e. The average molecular weight is 365 g/mol. The summed E-state index contributed by atoms with van der Waals surface area (Å²) in [5.74, 6) is 0.605. The number of nitrogens with zero attached hydrogens (tertiary/aromatic N) is 2. The highest BCUT2D eigenvalue weighted by Crippen LogP contribution is 2.26. The summed E-state index contributed by atoms with van der Waals surface area (Å²) in [6, 6.07) is 5.04. The van der Waals surface area contributed by atoms with E-state index in [2.05, 4.69) is 0 Å². The van der Waals surface area contributed by atoms with Crippen molar-refractivity contribution in [1.82, 2.24) is 9.80 Å². The van der Waals surface area contributed by atoms with Crippen LogP contribution in [0.25, 0.3) is 0 Å². The molecule has 0 radical (unpaired) electrons. The molecule has 8 nitrogen and oxygen atoms in total. The van der Waals surface area contributed by atoms with Gasteiger partial charge in [0.2, 0.25) is 5.91 Å². The number of hydrogen-bond donors (Lipinski definition) is 2. The Hall–Kier alpha value is -2.32. The van der Waals surface area contributed by atoms with Crippen LogP contribution in [-0.2, 0) is 4.79 Å². The predicted octanol–water partition coefficient (Wildman–Crippen LogP) is 0.0880. The Kier molecular flexibility index (Phi) is 7.23. The van der Waals surface area contributed by atoms with E-state index in [1.807, 2.05) is 0 Å². The molecule has 0 aliphatic carbocycles. The van der Waals surface area contributed by atoms with Gasteiger partial charge in [0.25, 0.3) is 5.91 Å². The van der Waals surface area contributed by atoms with E-state index in [1.165, 1.54) is 18.9 Å². The van der Waals surface area contributed by atoms with Crippen molar-refractivity contribution < 1.29 is 24.2 Å². The first-order chi connectivity index (χ1) is 12.5. The average Bonchev–Trinajstić information content (AvgIpc) is 2.83. The second kappa shape index (κ2) is 9.40. The van der Waals surface area contributed by atoms with E-state index in [-0.39, 0.29) is 24.9 Å². The first-order valence-corrected chi connectivity index (χ1v) is 8.70. The summed E-state index contributed by atoms with van der Waals surface area (Å²) in [5.41, 5.74) is 5.85. The molecular weight excluding hydrogens is 338 g/mol. The van der Waals surface area contributed by atoms with Gasteiger partial charge in [0.15, 0.2) is 0 Å². The Balaban J connectivity index is 2.22. The predicted molar refractivity (Wildman–Crippen MR) is 96.3 cm³/mol. The zero-order valence-electron chi connectivity index (χ0n) is 15.3. The van der Waals surface area contributed by atoms with E-state index in [0.29, 0.717) is 49.7 Å². The number of benzene rings is 1. The monoisotopic (exact) mass is 365 g/mol. The maximum absolute atomic E-state index is 13.0. The Labute approximate surface area is 153 Å². The molecule has 0 unspecified atom stereocenters. The zero-order valence-corrected chi connectivity index (χ0v) is 15.3. The van der Waals surface area contributed by atoms with Gasteiger partial charge >= 0.3 is 0 Å². The summed E-state index contributed by atoms with van der Waals surface area (Å²) in [6.45, 7) is 3.46. The summed E-state index contributed by atoms with van der Waals surface area (Å²) in [6.07, 6.45) is -0.118. The van der Waals surface area contributed by atoms with E-state index in [4.69, 9.17) is 15.2 Å². The highest BCUT2D eigenvalue weighted by Gasteiger charge is 2.28. The fourth-order valence-electron chi connectivity index (χ4n) is 2.83. The second-order valence-electron chi connectivity index (χ2n) is 6.22. The molecule has 0 bridgehead atoms. The molecule has 26 heavy (non-hydrogen) atoms. The van der Waals surface area contributed by atoms with Crippen LogP contribution in [-0.4, -0.2) is 79.3 Å². The quantitative estimate of drug-likeness (QED) is 0.692. The van der Waals surface area contributed by atoms with Crippen LogP contribution >= 0.6 is 0 Å². The van der Waals surface area contributed by atoms with Crippen molar-refractivity contribution >= 4 is 11.8 Å². The maximum atomic E-state index is 13.0. The Bertz CT molecular complexity index is 637. The molecular formula is C18H27N3O5. The number of nitrogens with two attached hydrogens (primary N) is 1. The lowest BCUT2D eigenvalue weighted by molar-refractivity contribution is -0.129. The number of methoxy groups -OCH3 is 1. The lowest BCUT2D eigenvalue weighted by Crippen LogP contribution is -2.38. The molecule has 1 heterocycles. The highest BCUT2D eigenvalue weighted by molar-refractivity contribution is 5.97. The molecule has 1 atom stereocenters. The number of amides is 2. The molecule has 0 saturated carbocycles. The first kappa shape index (κ1) is 20.0. The van der Waals surface area contributed by atoms with Crippen molar-refractivity contribution in [2.24, 2.45) is 5.73 Å². The van der Waals surface area contributed by atoms with E-state index < -0.39 is 6.10 Å². The van der Waals surface area contributed by atoms with Gasteiger partial charge in [-0.1, -0.05) is 0 Å². The van der Waals surface area contributed by atoms with Crippen molar-refractivity contribution in [2.75, 3.05) is 46.4 Å².